The minimum atomic E-state index is -1.71. The molecule has 17 N–H and O–H groups in total. The highest BCUT2D eigenvalue weighted by atomic mass is 16.4. The summed E-state index contributed by atoms with van der Waals surface area (Å²) >= 11 is 0. The van der Waals surface area contributed by atoms with E-state index in [1.807, 2.05) is 13.8 Å². The number of aliphatic carboxylic acids is 3. The van der Waals surface area contributed by atoms with E-state index in [-0.39, 0.29) is 68.6 Å². The first-order chi connectivity index (χ1) is 34.1. The van der Waals surface area contributed by atoms with Crippen LogP contribution < -0.4 is 54.4 Å². The fraction of sp³-hybridized carbons (Fsp3) is 0.646. The summed E-state index contributed by atoms with van der Waals surface area (Å²) in [4.78, 5) is 136. The number of nitrogens with one attached hydrogen (secondary N) is 7. The normalized spacial score (nSPS) is 14.9. The van der Waals surface area contributed by atoms with Gasteiger partial charge in [-0.2, -0.15) is 0 Å². The number of carboxylic acid groups (broad SMARTS) is 3. The summed E-state index contributed by atoms with van der Waals surface area (Å²) in [6, 6.07) is -5.47. The monoisotopic (exact) mass is 1030 g/mol. The zero-order valence-electron chi connectivity index (χ0n) is 43.1. The van der Waals surface area contributed by atoms with Crippen LogP contribution in [0.1, 0.15) is 119 Å². The highest BCUT2D eigenvalue weighted by Crippen LogP contribution is 2.15. The van der Waals surface area contributed by atoms with Crippen molar-refractivity contribution in [2.75, 3.05) is 6.54 Å². The average Bonchev–Trinajstić information content (AvgIpc) is 3.29. The molecule has 0 aliphatic heterocycles. The lowest BCUT2D eigenvalue weighted by atomic mass is 9.96. The third kappa shape index (κ3) is 24.8. The lowest BCUT2D eigenvalue weighted by molar-refractivity contribution is -0.143. The summed E-state index contributed by atoms with van der Waals surface area (Å²) in [5.74, 6) is -12.0. The molecule has 0 unspecified atom stereocenters. The van der Waals surface area contributed by atoms with Gasteiger partial charge in [0.05, 0.1) is 6.04 Å². The number of nitrogens with two attached hydrogens (primary N) is 3. The van der Waals surface area contributed by atoms with Crippen molar-refractivity contribution in [3.8, 4) is 5.75 Å². The van der Waals surface area contributed by atoms with Gasteiger partial charge in [-0.25, -0.2) is 4.79 Å². The number of aliphatic imine (C=N–C) groups is 1. The van der Waals surface area contributed by atoms with E-state index in [0.717, 1.165) is 0 Å². The van der Waals surface area contributed by atoms with Gasteiger partial charge in [-0.15, -0.1) is 0 Å². The Hall–Kier alpha value is -7.05. The van der Waals surface area contributed by atoms with Gasteiger partial charge < -0.3 is 74.8 Å². The predicted octanol–water partition coefficient (Wildman–Crippen LogP) is -0.682. The summed E-state index contributed by atoms with van der Waals surface area (Å²) < 4.78 is 0. The predicted molar refractivity (Wildman–Crippen MR) is 268 cm³/mol. The Morgan fingerprint density at radius 3 is 1.42 bits per heavy atom. The second-order valence-electron chi connectivity index (χ2n) is 19.3. The number of phenols is 1. The Balaban J connectivity index is 3.60. The molecule has 0 aliphatic rings. The van der Waals surface area contributed by atoms with Crippen molar-refractivity contribution in [2.45, 2.75) is 168 Å². The Labute approximate surface area is 425 Å². The molecule has 9 atom stereocenters. The van der Waals surface area contributed by atoms with E-state index in [1.54, 1.807) is 41.5 Å². The molecule has 1 rings (SSSR count). The Morgan fingerprint density at radius 1 is 0.548 bits per heavy atom. The van der Waals surface area contributed by atoms with Gasteiger partial charge >= 0.3 is 17.9 Å². The molecule has 0 bridgehead atoms. The molecule has 73 heavy (non-hydrogen) atoms. The number of rotatable bonds is 34. The molecule has 0 heterocycles. The molecule has 0 saturated heterocycles. The van der Waals surface area contributed by atoms with Crippen LogP contribution in [0.4, 0.5) is 0 Å². The van der Waals surface area contributed by atoms with Crippen molar-refractivity contribution >= 4 is 65.2 Å². The van der Waals surface area contributed by atoms with Crippen molar-refractivity contribution in [1.29, 1.82) is 0 Å². The highest BCUT2D eigenvalue weighted by Gasteiger charge is 2.37. The van der Waals surface area contributed by atoms with Crippen molar-refractivity contribution in [3.63, 3.8) is 0 Å². The fourth-order valence-corrected chi connectivity index (χ4v) is 7.32. The number of carboxylic acids is 3. The Bertz CT molecular complexity index is 2060. The van der Waals surface area contributed by atoms with Crippen molar-refractivity contribution < 1.29 is 68.4 Å². The van der Waals surface area contributed by atoms with Gasteiger partial charge in [0.1, 0.15) is 48.0 Å². The zero-order chi connectivity index (χ0) is 55.7. The first-order valence-corrected chi connectivity index (χ1v) is 24.4. The SMILES string of the molecule is CC[C@H](C)[C@H](NC(=O)[C@H](CCC(=O)O)NC(=O)[C@H](CCC(=O)O)NC(=O)[C@H](Cc1ccc(O)cc1)NC(=O)[C@@H](N)CC(C)C)C(=O)N[C@@H](CCCN=C(N)N)C(=O)N[C@H](C(=O)N[C@@H](CC(C)C)C(=O)O)C(C)C. The number of phenolic OH excluding ortho intramolecular Hbond substituents is 1. The first-order valence-electron chi connectivity index (χ1n) is 24.4. The molecule has 1 aromatic rings. The fourth-order valence-electron chi connectivity index (χ4n) is 7.32. The van der Waals surface area contributed by atoms with E-state index < -0.39 is 145 Å². The quantitative estimate of drug-likeness (QED) is 0.0231. The molecule has 7 amide bonds. The molecular formula is C48H79N11O14. The van der Waals surface area contributed by atoms with E-state index in [9.17, 15) is 68.4 Å². The van der Waals surface area contributed by atoms with Crippen LogP contribution in [0, 0.1) is 23.7 Å². The van der Waals surface area contributed by atoms with Crippen LogP contribution in [0.25, 0.3) is 0 Å². The maximum absolute atomic E-state index is 14.2. The molecule has 25 nitrogen and oxygen atoms in total. The maximum Gasteiger partial charge on any atom is 0.326 e. The molecule has 0 saturated carbocycles. The van der Waals surface area contributed by atoms with Gasteiger partial charge in [0.25, 0.3) is 0 Å². The third-order valence-electron chi connectivity index (χ3n) is 11.6. The van der Waals surface area contributed by atoms with Crippen molar-refractivity contribution in [3.05, 3.63) is 29.8 Å². The van der Waals surface area contributed by atoms with E-state index in [4.69, 9.17) is 17.2 Å². The van der Waals surface area contributed by atoms with Gasteiger partial charge in [-0.1, -0.05) is 73.9 Å². The number of hydrogen-bond acceptors (Lipinski definition) is 13. The Morgan fingerprint density at radius 2 is 0.973 bits per heavy atom. The minimum absolute atomic E-state index is 0.00701. The number of hydrogen-bond donors (Lipinski definition) is 14. The molecule has 0 aliphatic carbocycles. The van der Waals surface area contributed by atoms with Crippen molar-refractivity contribution in [2.24, 2.45) is 45.9 Å². The summed E-state index contributed by atoms with van der Waals surface area (Å²) in [6.45, 7) is 13.8. The van der Waals surface area contributed by atoms with Crippen LogP contribution in [0.15, 0.2) is 29.3 Å². The average molecular weight is 1030 g/mol. The van der Waals surface area contributed by atoms with Gasteiger partial charge in [0.15, 0.2) is 5.96 Å². The second kappa shape index (κ2) is 32.1. The molecule has 410 valence electrons. The molecule has 1 aromatic carbocycles. The Kier molecular flexibility index (Phi) is 28.1. The maximum atomic E-state index is 14.2. The van der Waals surface area contributed by atoms with E-state index in [0.29, 0.717) is 5.56 Å². The van der Waals surface area contributed by atoms with Gasteiger partial charge in [0.2, 0.25) is 41.4 Å². The largest absolute Gasteiger partial charge is 0.508 e. The lowest BCUT2D eigenvalue weighted by Crippen LogP contribution is -2.61. The second-order valence-corrected chi connectivity index (χ2v) is 19.3. The lowest BCUT2D eigenvalue weighted by Gasteiger charge is -2.30. The summed E-state index contributed by atoms with van der Waals surface area (Å²) in [5, 5.41) is 56.4. The van der Waals surface area contributed by atoms with Crippen LogP contribution in [0.3, 0.4) is 0 Å². The molecular weight excluding hydrogens is 955 g/mol. The van der Waals surface area contributed by atoms with Crippen LogP contribution in [0.5, 0.6) is 5.75 Å². The molecule has 0 aromatic heterocycles. The van der Waals surface area contributed by atoms with Gasteiger partial charge in [-0.3, -0.25) is 48.1 Å². The number of guanidine groups is 1. The van der Waals surface area contributed by atoms with Crippen LogP contribution in [-0.4, -0.2) is 141 Å². The molecule has 0 radical (unpaired) electrons. The summed E-state index contributed by atoms with van der Waals surface area (Å²) in [6.07, 6.45) is -1.95. The third-order valence-corrected chi connectivity index (χ3v) is 11.6. The zero-order valence-corrected chi connectivity index (χ0v) is 43.1. The van der Waals surface area contributed by atoms with Crippen LogP contribution in [-0.2, 0) is 54.4 Å². The van der Waals surface area contributed by atoms with E-state index in [1.165, 1.54) is 24.3 Å². The standard InChI is InChI=1S/C48H79N11O14/c1-9-27(8)39(46(71)55-31(11-10-20-52-48(50)51)42(67)58-38(26(6)7)45(70)57-35(47(72)73)22-25(4)5)59-43(68)33(17-19-37(63)64)53-41(66)32(16-18-36(61)62)54-44(69)34(23-28-12-14-29(60)15-13-28)56-40(65)30(49)21-24(2)3/h12-15,24-27,30-35,38-39,60H,9-11,16-23,49H2,1-8H3,(H,53,66)(H,54,69)(H,55,71)(H,56,65)(H,57,70)(H,58,67)(H,59,68)(H,61,62)(H,63,64)(H,72,73)(H4,50,51,52)/t27-,30-,31-,32-,33-,34-,35-,38-,39-/m0/s1. The minimum Gasteiger partial charge on any atom is -0.508 e. The van der Waals surface area contributed by atoms with Crippen molar-refractivity contribution in [1.82, 2.24) is 37.2 Å². The number of amides is 7. The van der Waals surface area contributed by atoms with Crippen LogP contribution in [0.2, 0.25) is 0 Å². The summed E-state index contributed by atoms with van der Waals surface area (Å²) in [5.41, 5.74) is 17.5. The number of aromatic hydroxyl groups is 1. The van der Waals surface area contributed by atoms with Crippen LogP contribution >= 0.6 is 0 Å². The van der Waals surface area contributed by atoms with Gasteiger partial charge in [0, 0.05) is 25.8 Å². The summed E-state index contributed by atoms with van der Waals surface area (Å²) in [7, 11) is 0. The van der Waals surface area contributed by atoms with Gasteiger partial charge in [-0.05, 0) is 79.9 Å². The molecule has 0 spiro atoms. The van der Waals surface area contributed by atoms with E-state index in [2.05, 4.69) is 42.2 Å². The number of carbonyl (C=O) groups excluding carboxylic acids is 7. The molecule has 25 heteroatoms. The number of benzene rings is 1. The first kappa shape index (κ1) is 64.0. The highest BCUT2D eigenvalue weighted by molar-refractivity contribution is 5.98. The number of nitrogens with zero attached hydrogens (tertiary/aromatic N) is 1. The smallest absolute Gasteiger partial charge is 0.326 e. The van der Waals surface area contributed by atoms with E-state index >= 15 is 0 Å². The molecule has 0 fully saturated rings. The number of carbonyl (C=O) groups is 10. The topological polar surface area (TPSA) is 426 Å².